The molecule has 6 heteroatoms. The van der Waals surface area contributed by atoms with Crippen LogP contribution in [0, 0.1) is 6.92 Å². The van der Waals surface area contributed by atoms with Crippen LogP contribution >= 0.6 is 15.9 Å². The second-order valence-electron chi connectivity index (χ2n) is 4.61. The van der Waals surface area contributed by atoms with Gasteiger partial charge in [-0.3, -0.25) is 4.90 Å². The molecule has 2 aromatic rings. The summed E-state index contributed by atoms with van der Waals surface area (Å²) in [6.07, 6.45) is 0.925. The van der Waals surface area contributed by atoms with E-state index >= 15 is 0 Å². The summed E-state index contributed by atoms with van der Waals surface area (Å²) < 4.78 is 6.28. The molecule has 0 aliphatic carbocycles. The molecule has 0 atom stereocenters. The van der Waals surface area contributed by atoms with Gasteiger partial charge in [0.15, 0.2) is 4.73 Å². The van der Waals surface area contributed by atoms with Crippen molar-refractivity contribution in [2.45, 2.75) is 19.9 Å². The van der Waals surface area contributed by atoms with Gasteiger partial charge in [0.25, 0.3) is 0 Å². The third-order valence-electron chi connectivity index (χ3n) is 3.26. The van der Waals surface area contributed by atoms with E-state index in [0.717, 1.165) is 48.2 Å². The van der Waals surface area contributed by atoms with Crippen LogP contribution in [-0.2, 0) is 13.0 Å². The van der Waals surface area contributed by atoms with E-state index in [4.69, 9.17) is 4.42 Å². The van der Waals surface area contributed by atoms with Gasteiger partial charge in [-0.25, -0.2) is 9.97 Å². The van der Waals surface area contributed by atoms with Crippen LogP contribution in [0.1, 0.15) is 17.0 Å². The first kappa shape index (κ1) is 12.6. The Bertz CT molecular complexity index is 611. The van der Waals surface area contributed by atoms with Gasteiger partial charge in [0.2, 0.25) is 5.88 Å². The van der Waals surface area contributed by atoms with Crippen LogP contribution in [0.25, 0.3) is 0 Å². The predicted octanol–water partition coefficient (Wildman–Crippen LogP) is 2.55. The fourth-order valence-electron chi connectivity index (χ4n) is 2.28. The Hall–Kier alpha value is -1.40. The van der Waals surface area contributed by atoms with E-state index in [1.165, 1.54) is 0 Å². The second kappa shape index (κ2) is 4.94. The Morgan fingerprint density at radius 2 is 2.21 bits per heavy atom. The fourth-order valence-corrected chi connectivity index (χ4v) is 2.66. The molecule has 0 radical (unpaired) electrons. The molecule has 0 bridgehead atoms. The highest BCUT2D eigenvalue weighted by molar-refractivity contribution is 9.10. The molecule has 19 heavy (non-hydrogen) atoms. The molecule has 1 N–H and O–H groups in total. The zero-order chi connectivity index (χ0) is 13.4. The number of fused-ring (bicyclic) bond motifs is 1. The van der Waals surface area contributed by atoms with Gasteiger partial charge in [0.1, 0.15) is 11.6 Å². The van der Waals surface area contributed by atoms with Crippen LogP contribution in [0.2, 0.25) is 0 Å². The van der Waals surface area contributed by atoms with Crippen molar-refractivity contribution in [1.29, 1.82) is 0 Å². The van der Waals surface area contributed by atoms with Crippen LogP contribution in [-0.4, -0.2) is 23.6 Å². The van der Waals surface area contributed by atoms with E-state index in [-0.39, 0.29) is 0 Å². The molecular weight excluding hydrogens is 308 g/mol. The van der Waals surface area contributed by atoms with Crippen molar-refractivity contribution < 1.29 is 4.42 Å². The lowest BCUT2D eigenvalue weighted by atomic mass is 10.1. The van der Waals surface area contributed by atoms with Gasteiger partial charge in [0, 0.05) is 38.2 Å². The average Bonchev–Trinajstić information content (AvgIpc) is 2.83. The molecule has 0 amide bonds. The number of nitrogens with one attached hydrogen (secondary N) is 1. The fraction of sp³-hybridized carbons (Fsp3) is 0.385. The summed E-state index contributed by atoms with van der Waals surface area (Å²) in [5, 5.41) is 3.36. The number of hydrogen-bond acceptors (Lipinski definition) is 5. The van der Waals surface area contributed by atoms with Crippen LogP contribution in [0.5, 0.6) is 0 Å². The van der Waals surface area contributed by atoms with Crippen molar-refractivity contribution in [1.82, 2.24) is 15.3 Å². The van der Waals surface area contributed by atoms with Crippen LogP contribution in [0.4, 0.5) is 11.7 Å². The molecule has 3 heterocycles. The third-order valence-corrected chi connectivity index (χ3v) is 3.61. The smallest absolute Gasteiger partial charge is 0.200 e. The van der Waals surface area contributed by atoms with Gasteiger partial charge >= 0.3 is 0 Å². The van der Waals surface area contributed by atoms with Gasteiger partial charge < -0.3 is 9.73 Å². The molecule has 100 valence electrons. The van der Waals surface area contributed by atoms with Gasteiger partial charge in [-0.05, 0) is 28.9 Å². The maximum Gasteiger partial charge on any atom is 0.200 e. The summed E-state index contributed by atoms with van der Waals surface area (Å²) in [4.78, 5) is 10.9. The highest BCUT2D eigenvalue weighted by Gasteiger charge is 2.21. The van der Waals surface area contributed by atoms with Gasteiger partial charge in [-0.2, -0.15) is 0 Å². The predicted molar refractivity (Wildman–Crippen MR) is 76.7 cm³/mol. The van der Waals surface area contributed by atoms with E-state index in [1.54, 1.807) is 0 Å². The molecule has 0 saturated carbocycles. The number of rotatable bonds is 2. The second-order valence-corrected chi connectivity index (χ2v) is 5.32. The topological polar surface area (TPSA) is 54.2 Å². The van der Waals surface area contributed by atoms with Crippen LogP contribution < -0.4 is 10.2 Å². The number of anilines is 2. The summed E-state index contributed by atoms with van der Waals surface area (Å²) in [6, 6.07) is 3.90. The summed E-state index contributed by atoms with van der Waals surface area (Å²) in [5.74, 6) is 2.57. The first-order valence-electron chi connectivity index (χ1n) is 6.21. The van der Waals surface area contributed by atoms with E-state index in [0.29, 0.717) is 4.73 Å². The molecular formula is C13H15BrN4O. The number of halogens is 1. The lowest BCUT2D eigenvalue weighted by Gasteiger charge is -2.23. The van der Waals surface area contributed by atoms with Crippen LogP contribution in [0.3, 0.4) is 0 Å². The Morgan fingerprint density at radius 1 is 1.37 bits per heavy atom. The third kappa shape index (κ3) is 2.37. The largest absolute Gasteiger partial charge is 0.445 e. The van der Waals surface area contributed by atoms with Gasteiger partial charge in [0.05, 0.1) is 5.69 Å². The summed E-state index contributed by atoms with van der Waals surface area (Å²) >= 11 is 3.39. The van der Waals surface area contributed by atoms with E-state index in [2.05, 4.69) is 31.2 Å². The van der Waals surface area contributed by atoms with Crippen molar-refractivity contribution >= 4 is 27.6 Å². The highest BCUT2D eigenvalue weighted by atomic mass is 79.9. The minimum atomic E-state index is 0.623. The van der Waals surface area contributed by atoms with E-state index in [9.17, 15) is 0 Å². The molecule has 0 saturated heterocycles. The quantitative estimate of drug-likeness (QED) is 0.861. The molecule has 2 aromatic heterocycles. The first-order chi connectivity index (χ1) is 9.15. The maximum absolute atomic E-state index is 5.66. The molecule has 3 rings (SSSR count). The summed E-state index contributed by atoms with van der Waals surface area (Å²) in [5.41, 5.74) is 2.25. The van der Waals surface area contributed by atoms with Crippen molar-refractivity contribution in [3.05, 3.63) is 33.9 Å². The molecule has 0 aromatic carbocycles. The molecule has 0 unspecified atom stereocenters. The van der Waals surface area contributed by atoms with Crippen molar-refractivity contribution in [3.63, 3.8) is 0 Å². The minimum absolute atomic E-state index is 0.623. The van der Waals surface area contributed by atoms with Crippen LogP contribution in [0.15, 0.2) is 21.3 Å². The van der Waals surface area contributed by atoms with Gasteiger partial charge in [-0.1, -0.05) is 0 Å². The highest BCUT2D eigenvalue weighted by Crippen LogP contribution is 2.30. The average molecular weight is 323 g/mol. The monoisotopic (exact) mass is 322 g/mol. The van der Waals surface area contributed by atoms with Crippen molar-refractivity contribution in [2.24, 2.45) is 0 Å². The van der Waals surface area contributed by atoms with E-state index in [1.807, 2.05) is 31.0 Å². The van der Waals surface area contributed by atoms with Crippen molar-refractivity contribution in [3.8, 4) is 0 Å². The molecule has 5 nitrogen and oxygen atoms in total. The van der Waals surface area contributed by atoms with Crippen molar-refractivity contribution in [2.75, 3.05) is 18.5 Å². The Balaban J connectivity index is 2.06. The summed E-state index contributed by atoms with van der Waals surface area (Å²) in [6.45, 7) is 3.69. The number of aryl methyl sites for hydroxylation is 1. The number of nitrogens with zero attached hydrogens (tertiary/aromatic N) is 3. The first-order valence-corrected chi connectivity index (χ1v) is 7.00. The Kier molecular flexibility index (Phi) is 3.28. The number of aromatic nitrogens is 2. The summed E-state index contributed by atoms with van der Waals surface area (Å²) in [7, 11) is 1.96. The lowest BCUT2D eigenvalue weighted by Crippen LogP contribution is -2.28. The number of hydrogen-bond donors (Lipinski definition) is 1. The lowest BCUT2D eigenvalue weighted by molar-refractivity contribution is 0.535. The molecule has 0 fully saturated rings. The standard InChI is InChI=1S/C13H15BrN4O/c1-8-3-4-11(19-8)18(2)12-9-7-15-6-5-10(9)16-13(14)17-12/h3-4,15H,5-7H2,1-2H3. The molecule has 1 aliphatic heterocycles. The molecule has 1 aliphatic rings. The van der Waals surface area contributed by atoms with E-state index < -0.39 is 0 Å². The van der Waals surface area contributed by atoms with Gasteiger partial charge in [-0.15, -0.1) is 0 Å². The molecule has 0 spiro atoms. The number of furan rings is 1. The zero-order valence-corrected chi connectivity index (χ0v) is 12.5. The maximum atomic E-state index is 5.66. The minimum Gasteiger partial charge on any atom is -0.445 e. The normalized spacial score (nSPS) is 14.3. The Morgan fingerprint density at radius 3 is 2.95 bits per heavy atom. The Labute approximate surface area is 120 Å². The SMILES string of the molecule is Cc1ccc(N(C)c2nc(Br)nc3c2CNCC3)o1. The zero-order valence-electron chi connectivity index (χ0n) is 10.9.